The predicted octanol–water partition coefficient (Wildman–Crippen LogP) is 1.74. The molecule has 0 aromatic heterocycles. The molecule has 3 heteroatoms. The molecule has 0 amide bonds. The van der Waals surface area contributed by atoms with Crippen LogP contribution in [0.25, 0.3) is 0 Å². The quantitative estimate of drug-likeness (QED) is 0.683. The molecule has 78 valence electrons. The lowest BCUT2D eigenvalue weighted by molar-refractivity contribution is -0.164. The van der Waals surface area contributed by atoms with Crippen molar-refractivity contribution in [3.63, 3.8) is 0 Å². The van der Waals surface area contributed by atoms with E-state index in [-0.39, 0.29) is 5.41 Å². The van der Waals surface area contributed by atoms with E-state index in [0.29, 0.717) is 6.61 Å². The average Bonchev–Trinajstić information content (AvgIpc) is 1.98. The highest BCUT2D eigenvalue weighted by Gasteiger charge is 2.27. The summed E-state index contributed by atoms with van der Waals surface area (Å²) in [5.41, 5.74) is -1.40. The molecular weight excluding hydrogens is 168 g/mol. The van der Waals surface area contributed by atoms with Crippen molar-refractivity contribution in [3.05, 3.63) is 0 Å². The topological polar surface area (TPSA) is 46.5 Å². The second-order valence-corrected chi connectivity index (χ2v) is 4.65. The Kier molecular flexibility index (Phi) is 3.91. The van der Waals surface area contributed by atoms with E-state index in [4.69, 9.17) is 4.74 Å². The van der Waals surface area contributed by atoms with E-state index in [1.54, 1.807) is 0 Å². The number of carbonyl (C=O) groups excluding carboxylic acids is 1. The summed E-state index contributed by atoms with van der Waals surface area (Å²) in [5, 5.41) is 9.28. The number of hydrogen-bond acceptors (Lipinski definition) is 3. The van der Waals surface area contributed by atoms with Gasteiger partial charge in [-0.25, -0.2) is 4.79 Å². The third-order valence-corrected chi connectivity index (χ3v) is 2.05. The summed E-state index contributed by atoms with van der Waals surface area (Å²) < 4.78 is 4.97. The molecule has 13 heavy (non-hydrogen) atoms. The fourth-order valence-corrected chi connectivity index (χ4v) is 0.540. The van der Waals surface area contributed by atoms with Gasteiger partial charge in [0.25, 0.3) is 0 Å². The Balaban J connectivity index is 3.98. The van der Waals surface area contributed by atoms with E-state index in [1.165, 1.54) is 13.8 Å². The van der Waals surface area contributed by atoms with Crippen LogP contribution in [0, 0.1) is 5.41 Å². The molecule has 0 aliphatic carbocycles. The molecule has 0 aromatic carbocycles. The van der Waals surface area contributed by atoms with Crippen molar-refractivity contribution in [1.82, 2.24) is 0 Å². The zero-order valence-electron chi connectivity index (χ0n) is 9.18. The van der Waals surface area contributed by atoms with Crippen LogP contribution in [0.5, 0.6) is 0 Å². The minimum Gasteiger partial charge on any atom is -0.463 e. The van der Waals surface area contributed by atoms with Crippen LogP contribution in [0.1, 0.15) is 41.0 Å². The van der Waals surface area contributed by atoms with Gasteiger partial charge < -0.3 is 9.84 Å². The highest BCUT2D eigenvalue weighted by atomic mass is 16.5. The molecule has 0 aliphatic rings. The molecule has 0 saturated carbocycles. The van der Waals surface area contributed by atoms with Gasteiger partial charge in [0.2, 0.25) is 0 Å². The normalized spacial score (nSPS) is 12.8. The van der Waals surface area contributed by atoms with E-state index in [2.05, 4.69) is 0 Å². The molecule has 0 unspecified atom stereocenters. The lowest BCUT2D eigenvalue weighted by Crippen LogP contribution is -2.35. The Morgan fingerprint density at radius 1 is 1.31 bits per heavy atom. The van der Waals surface area contributed by atoms with E-state index >= 15 is 0 Å². The maximum atomic E-state index is 11.2. The highest BCUT2D eigenvalue weighted by Crippen LogP contribution is 2.20. The van der Waals surface area contributed by atoms with Gasteiger partial charge in [-0.1, -0.05) is 20.8 Å². The van der Waals surface area contributed by atoms with E-state index in [0.717, 1.165) is 6.42 Å². The molecule has 0 spiro atoms. The van der Waals surface area contributed by atoms with Gasteiger partial charge >= 0.3 is 5.97 Å². The van der Waals surface area contributed by atoms with Gasteiger partial charge in [-0.05, 0) is 25.7 Å². The first kappa shape index (κ1) is 12.4. The molecule has 0 saturated heterocycles. The van der Waals surface area contributed by atoms with Crippen LogP contribution in [-0.4, -0.2) is 23.3 Å². The van der Waals surface area contributed by atoms with E-state index in [9.17, 15) is 9.90 Å². The zero-order chi connectivity index (χ0) is 10.7. The number of aliphatic hydroxyl groups is 1. The van der Waals surface area contributed by atoms with Crippen LogP contribution < -0.4 is 0 Å². The maximum absolute atomic E-state index is 11.2. The minimum atomic E-state index is -1.39. The fraction of sp³-hybridized carbons (Fsp3) is 0.900. The third kappa shape index (κ3) is 4.88. The number of ether oxygens (including phenoxy) is 1. The van der Waals surface area contributed by atoms with Gasteiger partial charge in [0.05, 0.1) is 6.61 Å². The number of rotatable bonds is 4. The standard InChI is InChI=1S/C10H20O3/c1-6-9(2,3)7-13-8(11)10(4,5)12/h12H,6-7H2,1-5H3. The SMILES string of the molecule is CCC(C)(C)COC(=O)C(C)(C)O. The highest BCUT2D eigenvalue weighted by molar-refractivity contribution is 5.78. The number of esters is 1. The van der Waals surface area contributed by atoms with Gasteiger partial charge in [-0.3, -0.25) is 0 Å². The fourth-order valence-electron chi connectivity index (χ4n) is 0.540. The number of hydrogen-bond donors (Lipinski definition) is 1. The summed E-state index contributed by atoms with van der Waals surface area (Å²) in [4.78, 5) is 11.2. The summed E-state index contributed by atoms with van der Waals surface area (Å²) in [6.45, 7) is 9.28. The van der Waals surface area contributed by atoms with Crippen molar-refractivity contribution in [2.75, 3.05) is 6.61 Å². The average molecular weight is 188 g/mol. The van der Waals surface area contributed by atoms with Gasteiger partial charge in [0, 0.05) is 0 Å². The predicted molar refractivity (Wildman–Crippen MR) is 51.3 cm³/mol. The molecule has 0 rings (SSSR count). The molecule has 0 fully saturated rings. The summed E-state index contributed by atoms with van der Waals surface area (Å²) in [7, 11) is 0. The van der Waals surface area contributed by atoms with E-state index in [1.807, 2.05) is 20.8 Å². The van der Waals surface area contributed by atoms with Crippen LogP contribution in [0.2, 0.25) is 0 Å². The Morgan fingerprint density at radius 3 is 2.08 bits per heavy atom. The lowest BCUT2D eigenvalue weighted by atomic mass is 9.92. The molecule has 3 nitrogen and oxygen atoms in total. The van der Waals surface area contributed by atoms with Crippen molar-refractivity contribution in [2.24, 2.45) is 5.41 Å². The molecule has 0 heterocycles. The number of carbonyl (C=O) groups is 1. The van der Waals surface area contributed by atoms with Gasteiger partial charge in [0.15, 0.2) is 5.60 Å². The first-order valence-corrected chi connectivity index (χ1v) is 4.58. The molecule has 0 aliphatic heterocycles. The second-order valence-electron chi connectivity index (χ2n) is 4.65. The van der Waals surface area contributed by atoms with Crippen molar-refractivity contribution in [2.45, 2.75) is 46.6 Å². The molecule has 0 aromatic rings. The lowest BCUT2D eigenvalue weighted by Gasteiger charge is -2.24. The third-order valence-electron chi connectivity index (χ3n) is 2.05. The Hall–Kier alpha value is -0.570. The molecular formula is C10H20O3. The van der Waals surface area contributed by atoms with Gasteiger partial charge in [0.1, 0.15) is 0 Å². The maximum Gasteiger partial charge on any atom is 0.337 e. The largest absolute Gasteiger partial charge is 0.463 e. The van der Waals surface area contributed by atoms with Crippen LogP contribution in [0.4, 0.5) is 0 Å². The molecule has 0 atom stereocenters. The van der Waals surface area contributed by atoms with Crippen molar-refractivity contribution >= 4 is 5.97 Å². The van der Waals surface area contributed by atoms with Crippen molar-refractivity contribution in [1.29, 1.82) is 0 Å². The zero-order valence-corrected chi connectivity index (χ0v) is 9.18. The second kappa shape index (κ2) is 4.09. The van der Waals surface area contributed by atoms with E-state index < -0.39 is 11.6 Å². The smallest absolute Gasteiger partial charge is 0.337 e. The Bertz CT molecular complexity index is 177. The summed E-state index contributed by atoms with van der Waals surface area (Å²) in [5.74, 6) is -0.561. The van der Waals surface area contributed by atoms with Crippen LogP contribution in [0.15, 0.2) is 0 Å². The van der Waals surface area contributed by atoms with Crippen LogP contribution in [0.3, 0.4) is 0 Å². The van der Waals surface area contributed by atoms with Gasteiger partial charge in [-0.2, -0.15) is 0 Å². The first-order valence-electron chi connectivity index (χ1n) is 4.58. The Labute approximate surface area is 80.1 Å². The van der Waals surface area contributed by atoms with Crippen LogP contribution in [-0.2, 0) is 9.53 Å². The summed E-state index contributed by atoms with van der Waals surface area (Å²) in [6, 6.07) is 0. The molecule has 1 N–H and O–H groups in total. The van der Waals surface area contributed by atoms with Crippen LogP contribution >= 0.6 is 0 Å². The summed E-state index contributed by atoms with van der Waals surface area (Å²) in [6.07, 6.45) is 0.937. The first-order chi connectivity index (χ1) is 5.69. The Morgan fingerprint density at radius 2 is 1.77 bits per heavy atom. The molecule has 0 bridgehead atoms. The van der Waals surface area contributed by atoms with Gasteiger partial charge in [-0.15, -0.1) is 0 Å². The summed E-state index contributed by atoms with van der Waals surface area (Å²) >= 11 is 0. The minimum absolute atomic E-state index is 0.0130. The monoisotopic (exact) mass is 188 g/mol. The molecule has 0 radical (unpaired) electrons. The van der Waals surface area contributed by atoms with Crippen molar-refractivity contribution < 1.29 is 14.6 Å². The van der Waals surface area contributed by atoms with Crippen molar-refractivity contribution in [3.8, 4) is 0 Å².